The monoisotopic (exact) mass is 153 g/mol. The number of rotatable bonds is 1. The van der Waals surface area contributed by atoms with E-state index in [4.69, 9.17) is 5.73 Å². The molecule has 0 aromatic rings. The second-order valence-corrected chi connectivity index (χ2v) is 1.75. The van der Waals surface area contributed by atoms with E-state index in [0.717, 1.165) is 6.08 Å². The number of amides is 2. The third kappa shape index (κ3) is 1.02. The summed E-state index contributed by atoms with van der Waals surface area (Å²) in [6.07, 6.45) is 1.12. The second-order valence-electron chi connectivity index (χ2n) is 1.75. The summed E-state index contributed by atoms with van der Waals surface area (Å²) in [6, 6.07) is 0. The van der Waals surface area contributed by atoms with Crippen LogP contribution in [-0.4, -0.2) is 17.9 Å². The zero-order valence-corrected chi connectivity index (χ0v) is 5.25. The molecule has 0 saturated heterocycles. The van der Waals surface area contributed by atoms with E-state index in [-0.39, 0.29) is 11.4 Å². The van der Waals surface area contributed by atoms with Crippen LogP contribution in [0.5, 0.6) is 0 Å². The zero-order chi connectivity index (χ0) is 8.43. The van der Waals surface area contributed by atoms with Gasteiger partial charge in [0.05, 0.1) is 0 Å². The lowest BCUT2D eigenvalue weighted by molar-refractivity contribution is -0.124. The van der Waals surface area contributed by atoms with Gasteiger partial charge in [0, 0.05) is 0 Å². The molecule has 0 atom stereocenters. The summed E-state index contributed by atoms with van der Waals surface area (Å²) in [6.45, 7) is 0. The van der Waals surface area contributed by atoms with Crippen LogP contribution in [0.1, 0.15) is 0 Å². The summed E-state index contributed by atoms with van der Waals surface area (Å²) < 4.78 is 0. The number of isocyanates is 1. The van der Waals surface area contributed by atoms with E-state index >= 15 is 0 Å². The average molecular weight is 153 g/mol. The van der Waals surface area contributed by atoms with E-state index in [1.54, 1.807) is 0 Å². The Morgan fingerprint density at radius 2 is 2.00 bits per heavy atom. The first-order valence-electron chi connectivity index (χ1n) is 2.60. The molecular weight excluding hydrogens is 150 g/mol. The van der Waals surface area contributed by atoms with Crippen LogP contribution in [0.15, 0.2) is 16.4 Å². The van der Waals surface area contributed by atoms with Gasteiger partial charge in [-0.3, -0.25) is 14.9 Å². The van der Waals surface area contributed by atoms with Gasteiger partial charge in [-0.25, -0.2) is 4.79 Å². The highest BCUT2D eigenvalue weighted by molar-refractivity contribution is 6.18. The first-order chi connectivity index (χ1) is 5.16. The maximum absolute atomic E-state index is 10.6. The normalized spacial score (nSPS) is 16.4. The van der Waals surface area contributed by atoms with Gasteiger partial charge < -0.3 is 5.73 Å². The topological polar surface area (TPSA) is 102 Å². The minimum absolute atomic E-state index is 0.349. The number of hydrogen-bond acceptors (Lipinski definition) is 5. The molecular formula is C5H3N3O3. The molecule has 1 rings (SSSR count). The Morgan fingerprint density at radius 3 is 2.36 bits per heavy atom. The van der Waals surface area contributed by atoms with Crippen molar-refractivity contribution in [2.45, 2.75) is 0 Å². The second kappa shape index (κ2) is 2.36. The standard InChI is InChI=1S/C5H3N3O3/c6-2-3(7-1-9)5(11)8-4(2)10/h(H3,6,8,10,11). The van der Waals surface area contributed by atoms with Gasteiger partial charge in [-0.05, 0) is 0 Å². The largest absolute Gasteiger partial charge is 0.392 e. The van der Waals surface area contributed by atoms with Gasteiger partial charge in [-0.1, -0.05) is 0 Å². The van der Waals surface area contributed by atoms with Gasteiger partial charge in [0.15, 0.2) is 5.70 Å². The quantitative estimate of drug-likeness (QED) is 0.262. The maximum atomic E-state index is 10.6. The SMILES string of the molecule is NC1=C(N=C=O)C(=O)NC1=O. The summed E-state index contributed by atoms with van der Waals surface area (Å²) in [5.74, 6) is -1.50. The molecule has 1 heterocycles. The molecule has 2 amide bonds. The van der Waals surface area contributed by atoms with E-state index in [0.29, 0.717) is 0 Å². The highest BCUT2D eigenvalue weighted by Crippen LogP contribution is 2.07. The third-order valence-corrected chi connectivity index (χ3v) is 1.10. The minimum Gasteiger partial charge on any atom is -0.392 e. The highest BCUT2D eigenvalue weighted by Gasteiger charge is 2.27. The zero-order valence-electron chi connectivity index (χ0n) is 5.25. The van der Waals surface area contributed by atoms with Crippen LogP contribution in [0.25, 0.3) is 0 Å². The molecule has 56 valence electrons. The molecule has 0 bridgehead atoms. The van der Waals surface area contributed by atoms with E-state index < -0.39 is 11.8 Å². The van der Waals surface area contributed by atoms with Crippen LogP contribution in [0.2, 0.25) is 0 Å². The van der Waals surface area contributed by atoms with Gasteiger partial charge >= 0.3 is 0 Å². The van der Waals surface area contributed by atoms with Gasteiger partial charge in [-0.2, -0.15) is 4.99 Å². The molecule has 3 N–H and O–H groups in total. The lowest BCUT2D eigenvalue weighted by Gasteiger charge is -1.83. The molecule has 1 aliphatic heterocycles. The van der Waals surface area contributed by atoms with Crippen molar-refractivity contribution in [3.8, 4) is 0 Å². The molecule has 0 aromatic carbocycles. The number of nitrogens with one attached hydrogen (secondary N) is 1. The van der Waals surface area contributed by atoms with Crippen molar-refractivity contribution < 1.29 is 14.4 Å². The Kier molecular flexibility index (Phi) is 1.54. The van der Waals surface area contributed by atoms with Crippen LogP contribution in [0.3, 0.4) is 0 Å². The first-order valence-corrected chi connectivity index (χ1v) is 2.60. The number of imide groups is 1. The Bertz CT molecular complexity index is 311. The van der Waals surface area contributed by atoms with Gasteiger partial charge in [0.2, 0.25) is 6.08 Å². The molecule has 0 fully saturated rings. The molecule has 0 aromatic heterocycles. The number of aliphatic imine (C=N–C) groups is 1. The van der Waals surface area contributed by atoms with Crippen LogP contribution >= 0.6 is 0 Å². The fourth-order valence-electron chi connectivity index (χ4n) is 0.616. The molecule has 0 aliphatic carbocycles. The average Bonchev–Trinajstić information content (AvgIpc) is 2.17. The molecule has 6 nitrogen and oxygen atoms in total. The number of hydrogen-bond donors (Lipinski definition) is 2. The molecule has 6 heteroatoms. The van der Waals surface area contributed by atoms with Crippen molar-refractivity contribution in [1.82, 2.24) is 5.32 Å². The third-order valence-electron chi connectivity index (χ3n) is 1.10. The Hall–Kier alpha value is -1.94. The Balaban J connectivity index is 3.16. The minimum atomic E-state index is -0.768. The predicted molar refractivity (Wildman–Crippen MR) is 32.5 cm³/mol. The number of carbonyl (C=O) groups is 2. The highest BCUT2D eigenvalue weighted by atomic mass is 16.2. The Morgan fingerprint density at radius 1 is 1.36 bits per heavy atom. The van der Waals surface area contributed by atoms with E-state index in [2.05, 4.69) is 4.99 Å². The fourth-order valence-corrected chi connectivity index (χ4v) is 0.616. The summed E-state index contributed by atoms with van der Waals surface area (Å²) in [5, 5.41) is 1.85. The summed E-state index contributed by atoms with van der Waals surface area (Å²) in [4.78, 5) is 33.8. The molecule has 1 aliphatic rings. The van der Waals surface area contributed by atoms with Crippen LogP contribution < -0.4 is 11.1 Å². The van der Waals surface area contributed by atoms with Crippen molar-refractivity contribution in [2.75, 3.05) is 0 Å². The lowest BCUT2D eigenvalue weighted by atomic mass is 10.4. The predicted octanol–water partition coefficient (Wildman–Crippen LogP) is -1.85. The summed E-state index contributed by atoms with van der Waals surface area (Å²) >= 11 is 0. The summed E-state index contributed by atoms with van der Waals surface area (Å²) in [5.41, 5.74) is 4.35. The molecule has 0 unspecified atom stereocenters. The van der Waals surface area contributed by atoms with Gasteiger partial charge in [-0.15, -0.1) is 0 Å². The van der Waals surface area contributed by atoms with Gasteiger partial charge in [0.25, 0.3) is 11.8 Å². The fraction of sp³-hybridized carbons (Fsp3) is 0. The van der Waals surface area contributed by atoms with E-state index in [9.17, 15) is 14.4 Å². The van der Waals surface area contributed by atoms with Crippen LogP contribution in [-0.2, 0) is 14.4 Å². The van der Waals surface area contributed by atoms with Crippen molar-refractivity contribution >= 4 is 17.9 Å². The lowest BCUT2D eigenvalue weighted by Crippen LogP contribution is -2.24. The molecule has 0 saturated carbocycles. The molecule has 11 heavy (non-hydrogen) atoms. The van der Waals surface area contributed by atoms with Crippen molar-refractivity contribution in [3.05, 3.63) is 11.4 Å². The smallest absolute Gasteiger partial charge is 0.280 e. The van der Waals surface area contributed by atoms with Crippen molar-refractivity contribution in [3.63, 3.8) is 0 Å². The van der Waals surface area contributed by atoms with Crippen LogP contribution in [0, 0.1) is 0 Å². The molecule has 0 radical (unpaired) electrons. The molecule has 0 spiro atoms. The van der Waals surface area contributed by atoms with Gasteiger partial charge in [0.1, 0.15) is 5.70 Å². The van der Waals surface area contributed by atoms with Crippen LogP contribution in [0.4, 0.5) is 0 Å². The Labute approximate surface area is 60.8 Å². The van der Waals surface area contributed by atoms with Crippen molar-refractivity contribution in [2.24, 2.45) is 10.7 Å². The number of nitrogens with two attached hydrogens (primary N) is 1. The van der Waals surface area contributed by atoms with E-state index in [1.165, 1.54) is 0 Å². The number of carbonyl (C=O) groups excluding carboxylic acids is 3. The first kappa shape index (κ1) is 7.17. The van der Waals surface area contributed by atoms with E-state index in [1.807, 2.05) is 5.32 Å². The van der Waals surface area contributed by atoms with Crippen molar-refractivity contribution in [1.29, 1.82) is 0 Å². The number of nitrogens with zero attached hydrogens (tertiary/aromatic N) is 1. The maximum Gasteiger partial charge on any atom is 0.280 e. The summed E-state index contributed by atoms with van der Waals surface area (Å²) in [7, 11) is 0.